The minimum atomic E-state index is -0.271. The normalized spacial score (nSPS) is 12.7. The molecule has 0 aliphatic rings. The number of aliphatic hydroxyl groups is 1. The van der Waals surface area contributed by atoms with Crippen molar-refractivity contribution in [1.82, 2.24) is 5.32 Å². The molecule has 0 saturated carbocycles. The molecule has 0 aliphatic heterocycles. The summed E-state index contributed by atoms with van der Waals surface area (Å²) in [6.45, 7) is 0.646. The first kappa shape index (κ1) is 12.8. The van der Waals surface area contributed by atoms with Gasteiger partial charge in [-0.3, -0.25) is 0 Å². The highest BCUT2D eigenvalue weighted by molar-refractivity contribution is 7.98. The second-order valence-electron chi connectivity index (χ2n) is 3.35. The summed E-state index contributed by atoms with van der Waals surface area (Å²) in [4.78, 5) is 0. The average Bonchev–Trinajstić information content (AvgIpc) is 2.21. The Morgan fingerprint density at radius 2 is 2.07 bits per heavy atom. The SMILES string of the molecule is CNCC(O)CSCc1ccc(Cl)cc1. The lowest BCUT2D eigenvalue weighted by Gasteiger charge is -2.09. The lowest BCUT2D eigenvalue weighted by molar-refractivity contribution is 0.199. The third kappa shape index (κ3) is 5.42. The molecule has 0 radical (unpaired) electrons. The summed E-state index contributed by atoms with van der Waals surface area (Å²) in [6, 6.07) is 7.81. The molecule has 15 heavy (non-hydrogen) atoms. The van der Waals surface area contributed by atoms with Crippen LogP contribution in [-0.2, 0) is 5.75 Å². The molecule has 1 unspecified atom stereocenters. The van der Waals surface area contributed by atoms with Crippen LogP contribution >= 0.6 is 23.4 Å². The number of likely N-dealkylation sites (N-methyl/N-ethyl adjacent to an activating group) is 1. The monoisotopic (exact) mass is 245 g/mol. The second kappa shape index (κ2) is 7.12. The van der Waals surface area contributed by atoms with E-state index in [0.717, 1.165) is 16.5 Å². The molecule has 1 atom stereocenters. The predicted octanol–water partition coefficient (Wildman–Crippen LogP) is 2.15. The van der Waals surface area contributed by atoms with E-state index >= 15 is 0 Å². The molecule has 0 aliphatic carbocycles. The largest absolute Gasteiger partial charge is 0.391 e. The van der Waals surface area contributed by atoms with E-state index in [0.29, 0.717) is 6.54 Å². The minimum absolute atomic E-state index is 0.271. The highest BCUT2D eigenvalue weighted by Crippen LogP contribution is 2.15. The molecular weight excluding hydrogens is 230 g/mol. The van der Waals surface area contributed by atoms with Gasteiger partial charge in [-0.15, -0.1) is 0 Å². The molecule has 84 valence electrons. The highest BCUT2D eigenvalue weighted by atomic mass is 35.5. The van der Waals surface area contributed by atoms with Gasteiger partial charge in [0.25, 0.3) is 0 Å². The second-order valence-corrected chi connectivity index (χ2v) is 4.82. The molecule has 2 N–H and O–H groups in total. The molecule has 0 saturated heterocycles. The van der Waals surface area contributed by atoms with Crippen LogP contribution < -0.4 is 5.32 Å². The molecule has 0 fully saturated rings. The van der Waals surface area contributed by atoms with Gasteiger partial charge >= 0.3 is 0 Å². The van der Waals surface area contributed by atoms with Crippen LogP contribution in [0.1, 0.15) is 5.56 Å². The molecule has 0 spiro atoms. The van der Waals surface area contributed by atoms with Crippen molar-refractivity contribution >= 4 is 23.4 Å². The number of rotatable bonds is 6. The summed E-state index contributed by atoms with van der Waals surface area (Å²) in [5.41, 5.74) is 1.24. The van der Waals surface area contributed by atoms with E-state index in [4.69, 9.17) is 11.6 Å². The third-order valence-electron chi connectivity index (χ3n) is 1.93. The molecule has 1 rings (SSSR count). The van der Waals surface area contributed by atoms with Gasteiger partial charge in [-0.25, -0.2) is 0 Å². The Kier molecular flexibility index (Phi) is 6.10. The van der Waals surface area contributed by atoms with Crippen molar-refractivity contribution in [2.24, 2.45) is 0 Å². The molecule has 0 aromatic heterocycles. The lowest BCUT2D eigenvalue weighted by Crippen LogP contribution is -2.25. The number of benzene rings is 1. The topological polar surface area (TPSA) is 32.3 Å². The zero-order chi connectivity index (χ0) is 11.1. The van der Waals surface area contributed by atoms with Crippen LogP contribution in [0.2, 0.25) is 5.02 Å². The number of halogens is 1. The van der Waals surface area contributed by atoms with Gasteiger partial charge in [0, 0.05) is 23.1 Å². The first-order chi connectivity index (χ1) is 7.22. The Labute approximate surface area is 100 Å². The van der Waals surface area contributed by atoms with E-state index < -0.39 is 0 Å². The van der Waals surface area contributed by atoms with Gasteiger partial charge < -0.3 is 10.4 Å². The summed E-state index contributed by atoms with van der Waals surface area (Å²) in [5.74, 6) is 1.67. The van der Waals surface area contributed by atoms with Gasteiger partial charge in [-0.05, 0) is 24.7 Å². The molecular formula is C11H16ClNOS. The smallest absolute Gasteiger partial charge is 0.0754 e. The molecule has 0 bridgehead atoms. The number of aliphatic hydroxyl groups excluding tert-OH is 1. The van der Waals surface area contributed by atoms with Crippen molar-refractivity contribution in [2.45, 2.75) is 11.9 Å². The van der Waals surface area contributed by atoms with Gasteiger partial charge in [0.15, 0.2) is 0 Å². The van der Waals surface area contributed by atoms with Crippen LogP contribution in [0.5, 0.6) is 0 Å². The Morgan fingerprint density at radius 3 is 2.67 bits per heavy atom. The van der Waals surface area contributed by atoms with Crippen molar-refractivity contribution in [2.75, 3.05) is 19.3 Å². The highest BCUT2D eigenvalue weighted by Gasteiger charge is 2.02. The quantitative estimate of drug-likeness (QED) is 0.806. The van der Waals surface area contributed by atoms with Crippen molar-refractivity contribution in [3.63, 3.8) is 0 Å². The number of nitrogens with one attached hydrogen (secondary N) is 1. The van der Waals surface area contributed by atoms with E-state index in [9.17, 15) is 5.11 Å². The van der Waals surface area contributed by atoms with Crippen molar-refractivity contribution < 1.29 is 5.11 Å². The summed E-state index contributed by atoms with van der Waals surface area (Å²) in [6.07, 6.45) is -0.271. The lowest BCUT2D eigenvalue weighted by atomic mass is 10.2. The predicted molar refractivity (Wildman–Crippen MR) is 67.5 cm³/mol. The fraction of sp³-hybridized carbons (Fsp3) is 0.455. The number of thioether (sulfide) groups is 1. The van der Waals surface area contributed by atoms with Gasteiger partial charge in [0.05, 0.1) is 6.10 Å². The number of hydrogen-bond acceptors (Lipinski definition) is 3. The van der Waals surface area contributed by atoms with E-state index in [1.165, 1.54) is 5.56 Å². The van der Waals surface area contributed by atoms with Gasteiger partial charge in [0.1, 0.15) is 0 Å². The summed E-state index contributed by atoms with van der Waals surface area (Å²) in [5, 5.41) is 13.2. The molecule has 0 amide bonds. The fourth-order valence-corrected chi connectivity index (χ4v) is 2.25. The molecule has 4 heteroatoms. The maximum absolute atomic E-state index is 9.47. The summed E-state index contributed by atoms with van der Waals surface area (Å²) in [7, 11) is 1.84. The average molecular weight is 246 g/mol. The zero-order valence-electron chi connectivity index (χ0n) is 8.74. The fourth-order valence-electron chi connectivity index (χ4n) is 1.19. The van der Waals surface area contributed by atoms with Crippen LogP contribution in [0.3, 0.4) is 0 Å². The first-order valence-electron chi connectivity index (χ1n) is 4.87. The van der Waals surface area contributed by atoms with E-state index in [2.05, 4.69) is 5.32 Å². The van der Waals surface area contributed by atoms with Crippen molar-refractivity contribution in [1.29, 1.82) is 0 Å². The molecule has 1 aromatic carbocycles. The van der Waals surface area contributed by atoms with Crippen molar-refractivity contribution in [3.05, 3.63) is 34.9 Å². The van der Waals surface area contributed by atoms with E-state index in [1.807, 2.05) is 31.3 Å². The van der Waals surface area contributed by atoms with Crippen LogP contribution in [0.4, 0.5) is 0 Å². The summed E-state index contributed by atoms with van der Waals surface area (Å²) < 4.78 is 0. The standard InChI is InChI=1S/C11H16ClNOS/c1-13-6-11(14)8-15-7-9-2-4-10(12)5-3-9/h2-5,11,13-14H,6-8H2,1H3. The maximum Gasteiger partial charge on any atom is 0.0754 e. The van der Waals surface area contributed by atoms with Crippen LogP contribution in [0, 0.1) is 0 Å². The summed E-state index contributed by atoms with van der Waals surface area (Å²) >= 11 is 7.51. The zero-order valence-corrected chi connectivity index (χ0v) is 10.3. The van der Waals surface area contributed by atoms with Crippen LogP contribution in [-0.4, -0.2) is 30.6 Å². The third-order valence-corrected chi connectivity index (χ3v) is 3.34. The maximum atomic E-state index is 9.47. The van der Waals surface area contributed by atoms with E-state index in [1.54, 1.807) is 11.8 Å². The Hall–Kier alpha value is -0.220. The minimum Gasteiger partial charge on any atom is -0.391 e. The van der Waals surface area contributed by atoms with Gasteiger partial charge in [-0.1, -0.05) is 23.7 Å². The molecule has 1 aromatic rings. The van der Waals surface area contributed by atoms with Gasteiger partial charge in [-0.2, -0.15) is 11.8 Å². The Morgan fingerprint density at radius 1 is 1.40 bits per heavy atom. The Balaban J connectivity index is 2.22. The molecule has 2 nitrogen and oxygen atoms in total. The molecule has 0 heterocycles. The van der Waals surface area contributed by atoms with E-state index in [-0.39, 0.29) is 6.10 Å². The van der Waals surface area contributed by atoms with Crippen LogP contribution in [0.15, 0.2) is 24.3 Å². The van der Waals surface area contributed by atoms with Crippen molar-refractivity contribution in [3.8, 4) is 0 Å². The van der Waals surface area contributed by atoms with Crippen LogP contribution in [0.25, 0.3) is 0 Å². The first-order valence-corrected chi connectivity index (χ1v) is 6.40. The number of hydrogen-bond donors (Lipinski definition) is 2. The van der Waals surface area contributed by atoms with Gasteiger partial charge in [0.2, 0.25) is 0 Å². The Bertz CT molecular complexity index is 278.